The lowest BCUT2D eigenvalue weighted by molar-refractivity contribution is 0.0879. The molecule has 6 heteroatoms. The minimum atomic E-state index is -0.638. The van der Waals surface area contributed by atoms with Crippen LogP contribution in [0.2, 0.25) is 0 Å². The van der Waals surface area contributed by atoms with E-state index in [1.165, 1.54) is 6.20 Å². The highest BCUT2D eigenvalue weighted by atomic mass is 79.9. The second-order valence-corrected chi connectivity index (χ2v) is 3.72. The quantitative estimate of drug-likeness (QED) is 0.672. The van der Waals surface area contributed by atoms with E-state index >= 15 is 0 Å². The maximum atomic E-state index is 11.5. The van der Waals surface area contributed by atoms with Crippen molar-refractivity contribution in [1.29, 1.82) is 0 Å². The number of aromatic nitrogens is 1. The van der Waals surface area contributed by atoms with Crippen LogP contribution in [0.1, 0.15) is 10.4 Å². The Morgan fingerprint density at radius 3 is 2.60 bits per heavy atom. The predicted molar refractivity (Wildman–Crippen MR) is 57.4 cm³/mol. The van der Waals surface area contributed by atoms with Crippen molar-refractivity contribution in [1.82, 2.24) is 10.3 Å². The van der Waals surface area contributed by atoms with E-state index in [2.05, 4.69) is 26.2 Å². The zero-order valence-corrected chi connectivity index (χ0v) is 9.44. The number of hydrogen-bond donors (Lipinski definition) is 3. The molecule has 0 atom stereocenters. The summed E-state index contributed by atoms with van der Waals surface area (Å²) >= 11 is 3.15. The minimum Gasteiger partial charge on any atom is -0.394 e. The number of pyridine rings is 1. The molecule has 5 nitrogen and oxygen atoms in total. The van der Waals surface area contributed by atoms with Crippen LogP contribution in [0.4, 0.5) is 0 Å². The van der Waals surface area contributed by atoms with Crippen LogP contribution in [0.3, 0.4) is 0 Å². The number of halogens is 1. The van der Waals surface area contributed by atoms with Gasteiger partial charge in [-0.3, -0.25) is 4.79 Å². The van der Waals surface area contributed by atoms with Gasteiger partial charge in [0.15, 0.2) is 0 Å². The molecule has 1 heterocycles. The van der Waals surface area contributed by atoms with Crippen LogP contribution in [-0.2, 0) is 0 Å². The number of aliphatic hydroxyl groups is 2. The van der Waals surface area contributed by atoms with Crippen molar-refractivity contribution in [2.45, 2.75) is 6.04 Å². The number of rotatable bonds is 4. The summed E-state index contributed by atoms with van der Waals surface area (Å²) in [5, 5.41) is 20.0. The molecule has 0 fully saturated rings. The number of nitrogens with zero attached hydrogens (tertiary/aromatic N) is 1. The lowest BCUT2D eigenvalue weighted by atomic mass is 10.2. The minimum absolute atomic E-state index is 0.299. The van der Waals surface area contributed by atoms with Crippen LogP contribution in [0.15, 0.2) is 22.9 Å². The van der Waals surface area contributed by atoms with Crippen molar-refractivity contribution in [3.63, 3.8) is 0 Å². The lowest BCUT2D eigenvalue weighted by Gasteiger charge is -2.12. The Bertz CT molecular complexity index is 325. The first-order valence-corrected chi connectivity index (χ1v) is 5.10. The molecule has 0 saturated carbocycles. The molecule has 0 bridgehead atoms. The van der Waals surface area contributed by atoms with Crippen LogP contribution < -0.4 is 5.32 Å². The molecule has 0 spiro atoms. The number of aliphatic hydroxyl groups excluding tert-OH is 2. The maximum Gasteiger partial charge on any atom is 0.253 e. The third-order valence-corrected chi connectivity index (χ3v) is 2.23. The summed E-state index contributed by atoms with van der Waals surface area (Å²) < 4.78 is 0.639. The molecule has 0 aliphatic carbocycles. The Balaban J connectivity index is 2.64. The van der Waals surface area contributed by atoms with Gasteiger partial charge in [-0.05, 0) is 28.1 Å². The SMILES string of the molecule is O=C(NC(CO)CO)c1ccc(Br)nc1. The molecule has 0 aliphatic heterocycles. The van der Waals surface area contributed by atoms with E-state index in [1.807, 2.05) is 0 Å². The first-order chi connectivity index (χ1) is 7.17. The van der Waals surface area contributed by atoms with Crippen molar-refractivity contribution >= 4 is 21.8 Å². The Morgan fingerprint density at radius 2 is 2.13 bits per heavy atom. The maximum absolute atomic E-state index is 11.5. The summed E-state index contributed by atoms with van der Waals surface area (Å²) in [6, 6.07) is 2.60. The molecular weight excluding hydrogens is 264 g/mol. The first kappa shape index (κ1) is 12.1. The summed E-state index contributed by atoms with van der Waals surface area (Å²) in [6.07, 6.45) is 1.41. The molecule has 15 heavy (non-hydrogen) atoms. The fourth-order valence-corrected chi connectivity index (χ4v) is 1.16. The second kappa shape index (κ2) is 5.79. The Morgan fingerprint density at radius 1 is 1.47 bits per heavy atom. The van der Waals surface area contributed by atoms with Gasteiger partial charge in [-0.1, -0.05) is 0 Å². The van der Waals surface area contributed by atoms with E-state index in [0.717, 1.165) is 0 Å². The van der Waals surface area contributed by atoms with Gasteiger partial charge in [-0.25, -0.2) is 4.98 Å². The van der Waals surface area contributed by atoms with E-state index in [4.69, 9.17) is 10.2 Å². The average molecular weight is 275 g/mol. The predicted octanol–water partition coefficient (Wildman–Crippen LogP) is -0.0729. The van der Waals surface area contributed by atoms with Crippen LogP contribution in [-0.4, -0.2) is 40.4 Å². The van der Waals surface area contributed by atoms with Crippen LogP contribution in [0.5, 0.6) is 0 Å². The molecular formula is C9H11BrN2O3. The summed E-state index contributed by atoms with van der Waals surface area (Å²) in [7, 11) is 0. The highest BCUT2D eigenvalue weighted by Gasteiger charge is 2.11. The summed E-state index contributed by atoms with van der Waals surface area (Å²) in [6.45, 7) is -0.599. The van der Waals surface area contributed by atoms with Crippen molar-refractivity contribution in [3.8, 4) is 0 Å². The Kier molecular flexibility index (Phi) is 4.67. The van der Waals surface area contributed by atoms with Gasteiger partial charge in [-0.15, -0.1) is 0 Å². The van der Waals surface area contributed by atoms with Crippen molar-refractivity contribution in [3.05, 3.63) is 28.5 Å². The molecule has 0 radical (unpaired) electrons. The Hall–Kier alpha value is -0.980. The van der Waals surface area contributed by atoms with Gasteiger partial charge in [0, 0.05) is 6.20 Å². The first-order valence-electron chi connectivity index (χ1n) is 4.31. The monoisotopic (exact) mass is 274 g/mol. The van der Waals surface area contributed by atoms with Gasteiger partial charge in [0.25, 0.3) is 5.91 Å². The smallest absolute Gasteiger partial charge is 0.253 e. The van der Waals surface area contributed by atoms with Gasteiger partial charge in [0.2, 0.25) is 0 Å². The molecule has 0 aliphatic rings. The standard InChI is InChI=1S/C9H11BrN2O3/c10-8-2-1-6(3-11-8)9(15)12-7(4-13)5-14/h1-3,7,13-14H,4-5H2,(H,12,15). The average Bonchev–Trinajstić information content (AvgIpc) is 2.26. The van der Waals surface area contributed by atoms with Gasteiger partial charge >= 0.3 is 0 Å². The van der Waals surface area contributed by atoms with Crippen molar-refractivity contribution < 1.29 is 15.0 Å². The molecule has 1 rings (SSSR count). The molecule has 1 aromatic heterocycles. The number of nitrogens with one attached hydrogen (secondary N) is 1. The van der Waals surface area contributed by atoms with Crippen molar-refractivity contribution in [2.75, 3.05) is 13.2 Å². The topological polar surface area (TPSA) is 82.5 Å². The van der Waals surface area contributed by atoms with Crippen LogP contribution >= 0.6 is 15.9 Å². The van der Waals surface area contributed by atoms with Crippen LogP contribution in [0, 0.1) is 0 Å². The lowest BCUT2D eigenvalue weighted by Crippen LogP contribution is -2.40. The van der Waals surface area contributed by atoms with Gasteiger partial charge < -0.3 is 15.5 Å². The van der Waals surface area contributed by atoms with E-state index in [1.54, 1.807) is 12.1 Å². The molecule has 1 amide bonds. The van der Waals surface area contributed by atoms with E-state index < -0.39 is 6.04 Å². The second-order valence-electron chi connectivity index (χ2n) is 2.91. The van der Waals surface area contributed by atoms with Crippen molar-refractivity contribution in [2.24, 2.45) is 0 Å². The molecule has 82 valence electrons. The molecule has 0 aromatic carbocycles. The van der Waals surface area contributed by atoms with E-state index in [0.29, 0.717) is 10.2 Å². The number of carbonyl (C=O) groups excluding carboxylic acids is 1. The summed E-state index contributed by atoms with van der Waals surface area (Å²) in [5.74, 6) is -0.372. The summed E-state index contributed by atoms with van der Waals surface area (Å²) in [4.78, 5) is 15.4. The van der Waals surface area contributed by atoms with Gasteiger partial charge in [-0.2, -0.15) is 0 Å². The molecule has 3 N–H and O–H groups in total. The third kappa shape index (κ3) is 3.58. The summed E-state index contributed by atoms with van der Waals surface area (Å²) in [5.41, 5.74) is 0.380. The van der Waals surface area contributed by atoms with E-state index in [-0.39, 0.29) is 19.1 Å². The normalized spacial score (nSPS) is 10.4. The number of carbonyl (C=O) groups is 1. The highest BCUT2D eigenvalue weighted by Crippen LogP contribution is 2.06. The van der Waals surface area contributed by atoms with Gasteiger partial charge in [0.1, 0.15) is 4.60 Å². The zero-order chi connectivity index (χ0) is 11.3. The molecule has 0 unspecified atom stereocenters. The largest absolute Gasteiger partial charge is 0.394 e. The fourth-order valence-electron chi connectivity index (χ4n) is 0.928. The van der Waals surface area contributed by atoms with E-state index in [9.17, 15) is 4.79 Å². The molecule has 1 aromatic rings. The zero-order valence-electron chi connectivity index (χ0n) is 7.85. The molecule has 0 saturated heterocycles. The number of amides is 1. The number of hydrogen-bond acceptors (Lipinski definition) is 4. The third-order valence-electron chi connectivity index (χ3n) is 1.77. The highest BCUT2D eigenvalue weighted by molar-refractivity contribution is 9.10. The fraction of sp³-hybridized carbons (Fsp3) is 0.333. The van der Waals surface area contributed by atoms with Gasteiger partial charge in [0.05, 0.1) is 24.8 Å². The Labute approximate surface area is 95.3 Å². The van der Waals surface area contributed by atoms with Crippen LogP contribution in [0.25, 0.3) is 0 Å².